The second-order valence-electron chi connectivity index (χ2n) is 9.19. The Hall–Kier alpha value is -4.81. The predicted molar refractivity (Wildman–Crippen MR) is 142 cm³/mol. The van der Waals surface area contributed by atoms with Gasteiger partial charge in [0.2, 0.25) is 0 Å². The lowest BCUT2D eigenvalue weighted by Gasteiger charge is -2.36. The van der Waals surface area contributed by atoms with Gasteiger partial charge in [0, 0.05) is 47.5 Å². The van der Waals surface area contributed by atoms with E-state index in [9.17, 15) is 24.6 Å². The van der Waals surface area contributed by atoms with E-state index in [0.717, 1.165) is 0 Å². The molecule has 1 spiro atoms. The van der Waals surface area contributed by atoms with Gasteiger partial charge in [-0.15, -0.1) is 0 Å². The number of phenolic OH excluding ortho intramolecular Hbond substituents is 2. The van der Waals surface area contributed by atoms with Gasteiger partial charge in [0.05, 0.1) is 39.1 Å². The standard InChI is InChI=1S/C29H28N2O10/c1-37-28(36)31-9-11-39-13-12-38-10-8-30-26(34)17-2-5-21-20(14-17)27(35)41-29(21)22-6-3-18(32)15-24(22)40-25-16-19(33)4-7-23(25)29/h2-7,14-16,32-33H,8-13H2,1H3,(H,30,34)(H,31,36). The molecular weight excluding hydrogens is 536 g/mol. The molecule has 12 nitrogen and oxygen atoms in total. The molecule has 3 aromatic carbocycles. The molecule has 0 saturated carbocycles. The van der Waals surface area contributed by atoms with Crippen molar-refractivity contribution in [3.05, 3.63) is 82.4 Å². The van der Waals surface area contributed by atoms with Gasteiger partial charge < -0.3 is 44.5 Å². The molecule has 0 fully saturated rings. The van der Waals surface area contributed by atoms with Crippen molar-refractivity contribution in [1.29, 1.82) is 0 Å². The molecule has 2 aliphatic rings. The molecule has 4 N–H and O–H groups in total. The Balaban J connectivity index is 1.24. The Kier molecular flexibility index (Phi) is 7.95. The van der Waals surface area contributed by atoms with E-state index in [1.165, 1.54) is 37.4 Å². The van der Waals surface area contributed by atoms with Crippen molar-refractivity contribution in [3.63, 3.8) is 0 Å². The second kappa shape index (κ2) is 11.7. The number of hydrogen-bond acceptors (Lipinski definition) is 10. The van der Waals surface area contributed by atoms with Crippen LogP contribution in [-0.2, 0) is 24.5 Å². The summed E-state index contributed by atoms with van der Waals surface area (Å²) < 4.78 is 27.2. The number of amides is 2. The highest BCUT2D eigenvalue weighted by atomic mass is 16.6. The third-order valence-electron chi connectivity index (χ3n) is 6.64. The van der Waals surface area contributed by atoms with Crippen molar-refractivity contribution in [2.75, 3.05) is 46.6 Å². The molecule has 3 aromatic rings. The highest BCUT2D eigenvalue weighted by Crippen LogP contribution is 2.57. The van der Waals surface area contributed by atoms with Gasteiger partial charge in [-0.3, -0.25) is 4.79 Å². The molecule has 0 saturated heterocycles. The number of aromatic hydroxyl groups is 2. The summed E-state index contributed by atoms with van der Waals surface area (Å²) in [6.07, 6.45) is -0.526. The minimum Gasteiger partial charge on any atom is -0.508 e. The van der Waals surface area contributed by atoms with Crippen molar-refractivity contribution in [2.45, 2.75) is 5.60 Å². The largest absolute Gasteiger partial charge is 0.508 e. The number of hydrogen-bond donors (Lipinski definition) is 4. The third-order valence-corrected chi connectivity index (χ3v) is 6.64. The van der Waals surface area contributed by atoms with Crippen LogP contribution in [0.15, 0.2) is 54.6 Å². The number of alkyl carbamates (subject to hydrolysis) is 1. The minimum atomic E-state index is -1.39. The summed E-state index contributed by atoms with van der Waals surface area (Å²) >= 11 is 0. The van der Waals surface area contributed by atoms with Crippen LogP contribution in [0.25, 0.3) is 0 Å². The van der Waals surface area contributed by atoms with Crippen LogP contribution in [0, 0.1) is 0 Å². The van der Waals surface area contributed by atoms with E-state index in [0.29, 0.717) is 43.1 Å². The topological polar surface area (TPSA) is 162 Å². The molecule has 2 aliphatic heterocycles. The number of phenols is 2. The smallest absolute Gasteiger partial charge is 0.406 e. The normalized spacial score (nSPS) is 13.8. The molecule has 0 atom stereocenters. The van der Waals surface area contributed by atoms with Crippen LogP contribution in [0.1, 0.15) is 37.4 Å². The molecule has 214 valence electrons. The molecule has 0 aliphatic carbocycles. The maximum absolute atomic E-state index is 13.2. The lowest BCUT2D eigenvalue weighted by Crippen LogP contribution is -2.33. The summed E-state index contributed by atoms with van der Waals surface area (Å²) in [5.41, 5.74) is 0.594. The molecule has 0 radical (unpaired) electrons. The van der Waals surface area contributed by atoms with Gasteiger partial charge in [0.15, 0.2) is 5.60 Å². The summed E-state index contributed by atoms with van der Waals surface area (Å²) in [6.45, 7) is 1.74. The fourth-order valence-corrected chi connectivity index (χ4v) is 4.80. The first-order chi connectivity index (χ1) is 19.8. The Bertz CT molecular complexity index is 1440. The summed E-state index contributed by atoms with van der Waals surface area (Å²) in [5.74, 6) is -0.549. The Morgan fingerprint density at radius 1 is 0.805 bits per heavy atom. The van der Waals surface area contributed by atoms with Crippen molar-refractivity contribution < 1.29 is 48.3 Å². The van der Waals surface area contributed by atoms with Crippen LogP contribution in [-0.4, -0.2) is 74.8 Å². The van der Waals surface area contributed by atoms with Crippen LogP contribution < -0.4 is 15.4 Å². The monoisotopic (exact) mass is 564 g/mol. The van der Waals surface area contributed by atoms with Gasteiger partial charge in [-0.25, -0.2) is 9.59 Å². The first-order valence-electron chi connectivity index (χ1n) is 12.8. The summed E-state index contributed by atoms with van der Waals surface area (Å²) in [7, 11) is 1.28. The van der Waals surface area contributed by atoms with Crippen LogP contribution >= 0.6 is 0 Å². The number of nitrogens with one attached hydrogen (secondary N) is 2. The summed E-state index contributed by atoms with van der Waals surface area (Å²) in [5, 5.41) is 25.3. The van der Waals surface area contributed by atoms with Crippen molar-refractivity contribution in [1.82, 2.24) is 10.6 Å². The van der Waals surface area contributed by atoms with Crippen molar-refractivity contribution in [2.24, 2.45) is 0 Å². The molecule has 0 bridgehead atoms. The number of fused-ring (bicyclic) bond motifs is 6. The van der Waals surface area contributed by atoms with E-state index >= 15 is 0 Å². The molecule has 12 heteroatoms. The summed E-state index contributed by atoms with van der Waals surface area (Å²) in [6, 6.07) is 13.7. The highest BCUT2D eigenvalue weighted by molar-refractivity contribution is 6.01. The maximum Gasteiger partial charge on any atom is 0.406 e. The molecule has 2 heterocycles. The van der Waals surface area contributed by atoms with E-state index in [-0.39, 0.29) is 47.3 Å². The van der Waals surface area contributed by atoms with Gasteiger partial charge >= 0.3 is 12.1 Å². The predicted octanol–water partition coefficient (Wildman–Crippen LogP) is 2.78. The zero-order chi connectivity index (χ0) is 29.0. The molecule has 5 rings (SSSR count). The Morgan fingerprint density at radius 3 is 2.00 bits per heavy atom. The molecule has 2 amide bonds. The van der Waals surface area contributed by atoms with Gasteiger partial charge in [-0.1, -0.05) is 6.07 Å². The van der Waals surface area contributed by atoms with E-state index < -0.39 is 23.6 Å². The van der Waals surface area contributed by atoms with Crippen LogP contribution in [0.2, 0.25) is 0 Å². The van der Waals surface area contributed by atoms with E-state index in [2.05, 4.69) is 15.4 Å². The fraction of sp³-hybridized carbons (Fsp3) is 0.276. The molecular formula is C29H28N2O10. The Morgan fingerprint density at radius 2 is 1.39 bits per heavy atom. The van der Waals surface area contributed by atoms with Gasteiger partial charge in [0.1, 0.15) is 23.0 Å². The highest BCUT2D eigenvalue weighted by Gasteiger charge is 2.53. The summed E-state index contributed by atoms with van der Waals surface area (Å²) in [4.78, 5) is 36.9. The average Bonchev–Trinajstić information content (AvgIpc) is 3.25. The van der Waals surface area contributed by atoms with Crippen LogP contribution in [0.3, 0.4) is 0 Å². The molecule has 41 heavy (non-hydrogen) atoms. The van der Waals surface area contributed by atoms with Crippen molar-refractivity contribution in [3.8, 4) is 23.0 Å². The van der Waals surface area contributed by atoms with Crippen molar-refractivity contribution >= 4 is 18.0 Å². The van der Waals surface area contributed by atoms with Gasteiger partial charge in [0.25, 0.3) is 5.91 Å². The first kappa shape index (κ1) is 27.7. The van der Waals surface area contributed by atoms with E-state index in [1.54, 1.807) is 24.3 Å². The van der Waals surface area contributed by atoms with Gasteiger partial charge in [-0.05, 0) is 36.4 Å². The molecule has 0 unspecified atom stereocenters. The zero-order valence-electron chi connectivity index (χ0n) is 22.1. The SMILES string of the molecule is COC(=O)NCCOCCOCCNC(=O)c1ccc2c(c1)C(=O)OC21c2ccc(O)cc2Oc2cc(O)ccc21. The second-order valence-corrected chi connectivity index (χ2v) is 9.19. The number of benzene rings is 3. The first-order valence-corrected chi connectivity index (χ1v) is 12.8. The molecule has 0 aromatic heterocycles. The number of carbonyl (C=O) groups excluding carboxylic acids is 3. The van der Waals surface area contributed by atoms with Crippen LogP contribution in [0.5, 0.6) is 23.0 Å². The van der Waals surface area contributed by atoms with E-state index in [1.807, 2.05) is 0 Å². The maximum atomic E-state index is 13.2. The van der Waals surface area contributed by atoms with Crippen LogP contribution in [0.4, 0.5) is 4.79 Å². The number of esters is 1. The Labute approximate surface area is 234 Å². The lowest BCUT2D eigenvalue weighted by atomic mass is 9.77. The fourth-order valence-electron chi connectivity index (χ4n) is 4.80. The zero-order valence-corrected chi connectivity index (χ0v) is 22.1. The number of carbonyl (C=O) groups is 3. The number of ether oxygens (including phenoxy) is 5. The third kappa shape index (κ3) is 5.47. The van der Waals surface area contributed by atoms with E-state index in [4.69, 9.17) is 18.9 Å². The number of rotatable bonds is 10. The quantitative estimate of drug-likeness (QED) is 0.213. The average molecular weight is 565 g/mol. The number of methoxy groups -OCH3 is 1. The van der Waals surface area contributed by atoms with Gasteiger partial charge in [-0.2, -0.15) is 0 Å². The lowest BCUT2D eigenvalue weighted by molar-refractivity contribution is 0.0224. The minimum absolute atomic E-state index is 0.0384.